The van der Waals surface area contributed by atoms with Crippen LogP contribution < -0.4 is 5.32 Å². The minimum atomic E-state index is -1.34. The SMILES string of the molecule is CC(C)(C)OC(=O)N[C@H](C(=O)Cc1cccc(F)c1CC[C@H]1CN(C(=O)OC(C)(C)C)CC2(CC2)N1C(=O)OCC1c2ccccc2-c2ccccc21)C(c1ccc(F)cc1)c1ccc(F)cc1. The Balaban J connectivity index is 1.08. The summed E-state index contributed by atoms with van der Waals surface area (Å²) in [5.41, 5.74) is 3.40. The molecule has 13 heteroatoms. The van der Waals surface area contributed by atoms with Gasteiger partial charge in [0.05, 0.1) is 11.6 Å². The zero-order chi connectivity index (χ0) is 48.5. The Hall–Kier alpha value is -6.63. The Morgan fingerprint density at radius 3 is 1.81 bits per heavy atom. The lowest BCUT2D eigenvalue weighted by Crippen LogP contribution is -2.63. The first-order valence-electron chi connectivity index (χ1n) is 23.2. The van der Waals surface area contributed by atoms with Gasteiger partial charge in [-0.3, -0.25) is 9.69 Å². The molecule has 2 atom stereocenters. The molecule has 10 nitrogen and oxygen atoms in total. The van der Waals surface area contributed by atoms with Gasteiger partial charge in [-0.1, -0.05) is 84.9 Å². The summed E-state index contributed by atoms with van der Waals surface area (Å²) in [4.78, 5) is 60.0. The third kappa shape index (κ3) is 10.7. The number of carbonyl (C=O) groups excluding carboxylic acids is 4. The van der Waals surface area contributed by atoms with Crippen LogP contribution in [0.3, 0.4) is 0 Å². The van der Waals surface area contributed by atoms with Crippen LogP contribution in [0, 0.1) is 17.5 Å². The average molecular weight is 930 g/mol. The zero-order valence-electron chi connectivity index (χ0n) is 39.3. The molecule has 3 aliphatic rings. The standard InChI is InChI=1S/C55H58F3N3O7/c1-53(2,3)67-50(63)59-49(48(34-18-22-37(56)23-19-34)35-20-24-38(57)25-21-35)47(62)30-36-12-11-17-46(58)40(36)27-26-39-31-60(51(64)68-54(4,5)6)33-55(28-29-55)61(39)52(65)66-32-45-43-15-9-7-13-41(43)42-14-8-10-16-44(42)45/h7-25,39,45,48-49H,26-33H2,1-6H3,(H,59,63)/t39-,49+/m0/s1. The number of hydrogen-bond donors (Lipinski definition) is 1. The van der Waals surface area contributed by atoms with Gasteiger partial charge in [-0.2, -0.15) is 0 Å². The monoisotopic (exact) mass is 929 g/mol. The van der Waals surface area contributed by atoms with E-state index in [-0.39, 0.29) is 50.4 Å². The number of fused-ring (bicyclic) bond motifs is 3. The number of rotatable bonds is 12. The molecule has 2 aliphatic carbocycles. The van der Waals surface area contributed by atoms with Crippen LogP contribution in [0.15, 0.2) is 115 Å². The fraction of sp³-hybridized carbons (Fsp3) is 0.382. The molecule has 0 bridgehead atoms. The molecule has 3 amide bonds. The first kappa shape index (κ1) is 47.8. The summed E-state index contributed by atoms with van der Waals surface area (Å²) in [6.07, 6.45) is -0.761. The van der Waals surface area contributed by atoms with Crippen molar-refractivity contribution in [2.45, 2.75) is 114 Å². The highest BCUT2D eigenvalue weighted by Gasteiger charge is 2.58. The Labute approximate surface area is 395 Å². The van der Waals surface area contributed by atoms with Crippen LogP contribution in [-0.2, 0) is 31.8 Å². The van der Waals surface area contributed by atoms with Crippen molar-refractivity contribution in [3.63, 3.8) is 0 Å². The lowest BCUT2D eigenvalue weighted by molar-refractivity contribution is -0.120. The van der Waals surface area contributed by atoms with Crippen LogP contribution in [0.2, 0.25) is 0 Å². The second-order valence-corrected chi connectivity index (χ2v) is 20.2. The van der Waals surface area contributed by atoms with E-state index in [0.29, 0.717) is 29.5 Å². The summed E-state index contributed by atoms with van der Waals surface area (Å²) in [5.74, 6) is -3.25. The number of Topliss-reactive ketones (excluding diaryl/α,β-unsaturated/α-hetero) is 1. The maximum absolute atomic E-state index is 16.3. The number of alkyl carbamates (subject to hydrolysis) is 1. The van der Waals surface area contributed by atoms with E-state index in [0.717, 1.165) is 22.3 Å². The maximum atomic E-state index is 16.3. The summed E-state index contributed by atoms with van der Waals surface area (Å²) < 4.78 is 62.5. The summed E-state index contributed by atoms with van der Waals surface area (Å²) >= 11 is 0. The first-order valence-corrected chi connectivity index (χ1v) is 23.2. The number of amides is 3. The number of halogens is 3. The quantitative estimate of drug-likeness (QED) is 0.124. The molecule has 5 aromatic carbocycles. The number of ether oxygens (including phenoxy) is 3. The van der Waals surface area contributed by atoms with Crippen LogP contribution in [0.5, 0.6) is 0 Å². The largest absolute Gasteiger partial charge is 0.448 e. The number of hydrogen-bond acceptors (Lipinski definition) is 7. The van der Waals surface area contributed by atoms with Crippen molar-refractivity contribution >= 4 is 24.1 Å². The lowest BCUT2D eigenvalue weighted by Gasteiger charge is -2.47. The Kier molecular flexibility index (Phi) is 13.5. The van der Waals surface area contributed by atoms with Crippen LogP contribution in [0.4, 0.5) is 27.6 Å². The van der Waals surface area contributed by atoms with Gasteiger partial charge in [0, 0.05) is 31.3 Å². The highest BCUT2D eigenvalue weighted by Crippen LogP contribution is 2.49. The van der Waals surface area contributed by atoms with Crippen molar-refractivity contribution in [1.82, 2.24) is 15.1 Å². The predicted octanol–water partition coefficient (Wildman–Crippen LogP) is 11.3. The predicted molar refractivity (Wildman–Crippen MR) is 252 cm³/mol. The van der Waals surface area contributed by atoms with E-state index in [4.69, 9.17) is 14.2 Å². The van der Waals surface area contributed by atoms with Crippen LogP contribution in [0.25, 0.3) is 11.1 Å². The molecule has 8 rings (SSSR count). The molecule has 1 aliphatic heterocycles. The molecule has 0 unspecified atom stereocenters. The fourth-order valence-corrected chi connectivity index (χ4v) is 9.81. The second-order valence-electron chi connectivity index (χ2n) is 20.2. The smallest absolute Gasteiger partial charge is 0.410 e. The number of piperazine rings is 1. The van der Waals surface area contributed by atoms with E-state index in [2.05, 4.69) is 29.6 Å². The zero-order valence-corrected chi connectivity index (χ0v) is 39.3. The van der Waals surface area contributed by atoms with Gasteiger partial charge < -0.3 is 24.4 Å². The van der Waals surface area contributed by atoms with Gasteiger partial charge in [-0.05, 0) is 142 Å². The molecular formula is C55H58F3N3O7. The van der Waals surface area contributed by atoms with Gasteiger partial charge in [-0.25, -0.2) is 27.6 Å². The highest BCUT2D eigenvalue weighted by molar-refractivity contribution is 5.91. The number of carbonyl (C=O) groups is 4. The van der Waals surface area contributed by atoms with E-state index >= 15 is 4.39 Å². The molecule has 1 saturated heterocycles. The number of nitrogens with zero attached hydrogens (tertiary/aromatic N) is 2. The summed E-state index contributed by atoms with van der Waals surface area (Å²) in [6.45, 7) is 10.8. The van der Waals surface area contributed by atoms with Crippen LogP contribution in [0.1, 0.15) is 106 Å². The summed E-state index contributed by atoms with van der Waals surface area (Å²) in [5, 5.41) is 2.75. The van der Waals surface area contributed by atoms with Gasteiger partial charge in [-0.15, -0.1) is 0 Å². The molecular weight excluding hydrogens is 872 g/mol. The third-order valence-corrected chi connectivity index (χ3v) is 12.9. The molecule has 1 heterocycles. The van der Waals surface area contributed by atoms with E-state index in [9.17, 15) is 28.0 Å². The van der Waals surface area contributed by atoms with Crippen molar-refractivity contribution in [3.8, 4) is 11.1 Å². The minimum absolute atomic E-state index is 0.0643. The van der Waals surface area contributed by atoms with Gasteiger partial charge in [0.25, 0.3) is 0 Å². The van der Waals surface area contributed by atoms with Gasteiger partial charge in [0.2, 0.25) is 0 Å². The van der Waals surface area contributed by atoms with Gasteiger partial charge >= 0.3 is 18.3 Å². The molecule has 1 spiro atoms. The van der Waals surface area contributed by atoms with Gasteiger partial charge in [0.15, 0.2) is 5.78 Å². The van der Waals surface area contributed by atoms with Crippen molar-refractivity contribution < 1.29 is 46.6 Å². The molecule has 0 aromatic heterocycles. The molecule has 2 fully saturated rings. The summed E-state index contributed by atoms with van der Waals surface area (Å²) in [6, 6.07) is 29.6. The number of ketones is 1. The van der Waals surface area contributed by atoms with Crippen molar-refractivity contribution in [1.29, 1.82) is 0 Å². The van der Waals surface area contributed by atoms with Crippen molar-refractivity contribution in [2.75, 3.05) is 19.7 Å². The average Bonchev–Trinajstić information content (AvgIpc) is 3.96. The van der Waals surface area contributed by atoms with E-state index in [1.165, 1.54) is 60.7 Å². The molecule has 356 valence electrons. The van der Waals surface area contributed by atoms with Crippen LogP contribution >= 0.6 is 0 Å². The Morgan fingerprint density at radius 1 is 0.706 bits per heavy atom. The van der Waals surface area contributed by atoms with Crippen molar-refractivity contribution in [2.24, 2.45) is 0 Å². The number of nitrogens with one attached hydrogen (secondary N) is 1. The molecule has 0 radical (unpaired) electrons. The van der Waals surface area contributed by atoms with E-state index in [1.54, 1.807) is 57.4 Å². The summed E-state index contributed by atoms with van der Waals surface area (Å²) in [7, 11) is 0. The normalized spacial score (nSPS) is 16.8. The molecule has 1 saturated carbocycles. The number of benzene rings is 5. The maximum Gasteiger partial charge on any atom is 0.410 e. The molecule has 5 aromatic rings. The minimum Gasteiger partial charge on any atom is -0.448 e. The topological polar surface area (TPSA) is 114 Å². The lowest BCUT2D eigenvalue weighted by atomic mass is 9.81. The third-order valence-electron chi connectivity index (χ3n) is 12.9. The first-order chi connectivity index (χ1) is 32.3. The van der Waals surface area contributed by atoms with Gasteiger partial charge in [0.1, 0.15) is 41.3 Å². The van der Waals surface area contributed by atoms with Crippen LogP contribution in [-0.4, -0.2) is 82.4 Å². The Morgan fingerprint density at radius 2 is 1.26 bits per heavy atom. The van der Waals surface area contributed by atoms with Crippen molar-refractivity contribution in [3.05, 3.63) is 166 Å². The van der Waals surface area contributed by atoms with E-state index in [1.807, 2.05) is 24.3 Å². The Bertz CT molecular complexity index is 2580. The highest BCUT2D eigenvalue weighted by atomic mass is 19.1. The fourth-order valence-electron chi connectivity index (χ4n) is 9.81. The second kappa shape index (κ2) is 19.2. The molecule has 1 N–H and O–H groups in total. The molecule has 68 heavy (non-hydrogen) atoms. The van der Waals surface area contributed by atoms with E-state index < -0.39 is 76.3 Å².